The summed E-state index contributed by atoms with van der Waals surface area (Å²) >= 11 is 0.996. The molecule has 0 bridgehead atoms. The Labute approximate surface area is 264 Å². The van der Waals surface area contributed by atoms with E-state index in [2.05, 4.69) is 0 Å². The minimum Gasteiger partial charge on any atom is -0.333 e. The fourth-order valence-corrected chi connectivity index (χ4v) is 6.46. The highest BCUT2D eigenvalue weighted by atomic mass is 32.2. The van der Waals surface area contributed by atoms with Crippen molar-refractivity contribution in [2.75, 3.05) is 7.05 Å². The topological polar surface area (TPSA) is 75.7 Å². The standard InChI is InChI=1S/C37H27F2N5S/c1-44-35(25-15-9-4-10-16-25)42-34(24-13-7-3-8-14-24)43-36(44)27-18-20-31-29(22-27)28-21-26(17-19-30(28)37(31,38)39)33(41)45-32(40)23-11-5-2-6-12-23/h2-22,36,40-41H,1H3. The smallest absolute Gasteiger partial charge is 0.299 e. The van der Waals surface area contributed by atoms with E-state index < -0.39 is 12.1 Å². The van der Waals surface area contributed by atoms with Gasteiger partial charge in [-0.15, -0.1) is 0 Å². The molecule has 5 aromatic carbocycles. The van der Waals surface area contributed by atoms with Crippen molar-refractivity contribution < 1.29 is 8.78 Å². The van der Waals surface area contributed by atoms with Gasteiger partial charge in [0.1, 0.15) is 15.9 Å². The van der Waals surface area contributed by atoms with Gasteiger partial charge >= 0.3 is 0 Å². The van der Waals surface area contributed by atoms with E-state index in [9.17, 15) is 0 Å². The number of thioether (sulfide) groups is 1. The van der Waals surface area contributed by atoms with E-state index in [4.69, 9.17) is 20.8 Å². The van der Waals surface area contributed by atoms with Crippen LogP contribution in [0.2, 0.25) is 0 Å². The van der Waals surface area contributed by atoms with Gasteiger partial charge in [0.15, 0.2) is 12.0 Å². The molecule has 0 amide bonds. The highest BCUT2D eigenvalue weighted by Crippen LogP contribution is 2.52. The normalized spacial score (nSPS) is 16.3. The summed E-state index contributed by atoms with van der Waals surface area (Å²) in [5.41, 5.74) is 4.34. The third-order valence-corrected chi connectivity index (χ3v) is 8.93. The maximum Gasteiger partial charge on any atom is 0.299 e. The summed E-state index contributed by atoms with van der Waals surface area (Å²) in [7, 11) is 1.91. The molecule has 1 atom stereocenters. The Balaban J connectivity index is 1.28. The molecule has 220 valence electrons. The van der Waals surface area contributed by atoms with Gasteiger partial charge in [-0.05, 0) is 28.8 Å². The van der Waals surface area contributed by atoms with Gasteiger partial charge in [-0.25, -0.2) is 9.98 Å². The lowest BCUT2D eigenvalue weighted by atomic mass is 9.99. The maximum absolute atomic E-state index is 15.8. The summed E-state index contributed by atoms with van der Waals surface area (Å²) in [6.45, 7) is 0. The van der Waals surface area contributed by atoms with Crippen LogP contribution in [0.1, 0.15) is 45.1 Å². The monoisotopic (exact) mass is 611 g/mol. The first kappa shape index (κ1) is 28.6. The minimum absolute atomic E-state index is 0.0720. The van der Waals surface area contributed by atoms with E-state index in [0.29, 0.717) is 28.1 Å². The number of aliphatic imine (C=N–C) groups is 2. The molecule has 5 aromatic rings. The van der Waals surface area contributed by atoms with Crippen LogP contribution in [-0.4, -0.2) is 33.7 Å². The molecule has 2 N–H and O–H groups in total. The molecule has 0 saturated heterocycles. The highest BCUT2D eigenvalue weighted by molar-refractivity contribution is 8.27. The molecule has 8 heteroatoms. The van der Waals surface area contributed by atoms with Crippen molar-refractivity contribution in [3.63, 3.8) is 0 Å². The van der Waals surface area contributed by atoms with Gasteiger partial charge in [-0.3, -0.25) is 10.8 Å². The Kier molecular flexibility index (Phi) is 7.22. The zero-order valence-corrected chi connectivity index (χ0v) is 25.0. The number of halogens is 2. The first-order chi connectivity index (χ1) is 21.8. The average Bonchev–Trinajstić information content (AvgIpc) is 3.31. The van der Waals surface area contributed by atoms with Crippen LogP contribution in [0.25, 0.3) is 11.1 Å². The number of hydrogen-bond donors (Lipinski definition) is 2. The van der Waals surface area contributed by atoms with Crippen molar-refractivity contribution in [3.05, 3.63) is 166 Å². The number of rotatable bonds is 5. The predicted octanol–water partition coefficient (Wildman–Crippen LogP) is 8.73. The van der Waals surface area contributed by atoms with Crippen LogP contribution >= 0.6 is 11.8 Å². The lowest BCUT2D eigenvalue weighted by Crippen LogP contribution is -2.35. The molecule has 0 fully saturated rings. The summed E-state index contributed by atoms with van der Waals surface area (Å²) in [6.07, 6.45) is -0.515. The second kappa shape index (κ2) is 11.4. The molecule has 2 aliphatic rings. The highest BCUT2D eigenvalue weighted by Gasteiger charge is 2.45. The molecule has 7 rings (SSSR count). The van der Waals surface area contributed by atoms with Gasteiger partial charge in [0.25, 0.3) is 5.92 Å². The first-order valence-electron chi connectivity index (χ1n) is 14.4. The van der Waals surface area contributed by atoms with Gasteiger partial charge in [0, 0.05) is 40.4 Å². The molecule has 1 aliphatic heterocycles. The lowest BCUT2D eigenvalue weighted by Gasteiger charge is -2.32. The largest absolute Gasteiger partial charge is 0.333 e. The van der Waals surface area contributed by atoms with Gasteiger partial charge in [-0.2, -0.15) is 8.78 Å². The molecule has 1 heterocycles. The second-order valence-electron chi connectivity index (χ2n) is 10.9. The Morgan fingerprint density at radius 2 is 1.24 bits per heavy atom. The summed E-state index contributed by atoms with van der Waals surface area (Å²) in [6, 6.07) is 38.3. The lowest BCUT2D eigenvalue weighted by molar-refractivity contribution is 0.0480. The van der Waals surface area contributed by atoms with Crippen LogP contribution in [0.4, 0.5) is 8.78 Å². The Bertz CT molecular complexity index is 2010. The maximum atomic E-state index is 15.8. The summed E-state index contributed by atoms with van der Waals surface area (Å²) in [5.74, 6) is -1.88. The molecule has 0 radical (unpaired) electrons. The van der Waals surface area contributed by atoms with E-state index in [1.54, 1.807) is 24.3 Å². The Hall–Kier alpha value is -5.21. The van der Waals surface area contributed by atoms with Crippen LogP contribution in [0.5, 0.6) is 0 Å². The molecule has 1 aliphatic carbocycles. The van der Waals surface area contributed by atoms with Gasteiger partial charge in [0.05, 0.1) is 0 Å². The van der Waals surface area contributed by atoms with Crippen molar-refractivity contribution in [3.8, 4) is 11.1 Å². The van der Waals surface area contributed by atoms with E-state index in [0.717, 1.165) is 34.3 Å². The van der Waals surface area contributed by atoms with Crippen LogP contribution in [0.15, 0.2) is 137 Å². The molecular weight excluding hydrogens is 585 g/mol. The van der Waals surface area contributed by atoms with Crippen molar-refractivity contribution in [1.82, 2.24) is 4.90 Å². The third kappa shape index (κ3) is 5.17. The van der Waals surface area contributed by atoms with Crippen LogP contribution in [0, 0.1) is 10.8 Å². The van der Waals surface area contributed by atoms with E-state index in [1.807, 2.05) is 103 Å². The number of nitrogens with zero attached hydrogens (tertiary/aromatic N) is 3. The van der Waals surface area contributed by atoms with Crippen LogP contribution < -0.4 is 0 Å². The van der Waals surface area contributed by atoms with Crippen LogP contribution in [-0.2, 0) is 5.92 Å². The van der Waals surface area contributed by atoms with Gasteiger partial charge in [-0.1, -0.05) is 127 Å². The molecule has 45 heavy (non-hydrogen) atoms. The predicted molar refractivity (Wildman–Crippen MR) is 179 cm³/mol. The number of benzene rings is 5. The number of fused-ring (bicyclic) bond motifs is 3. The number of nitrogens with one attached hydrogen (secondary N) is 2. The second-order valence-corrected chi connectivity index (χ2v) is 11.9. The Morgan fingerprint density at radius 3 is 1.91 bits per heavy atom. The average molecular weight is 612 g/mol. The summed E-state index contributed by atoms with van der Waals surface area (Å²) < 4.78 is 31.5. The van der Waals surface area contributed by atoms with Crippen LogP contribution in [0.3, 0.4) is 0 Å². The van der Waals surface area contributed by atoms with Crippen molar-refractivity contribution >= 4 is 33.5 Å². The van der Waals surface area contributed by atoms with Gasteiger partial charge in [0.2, 0.25) is 0 Å². The zero-order valence-electron chi connectivity index (χ0n) is 24.2. The quantitative estimate of drug-likeness (QED) is 0.154. The van der Waals surface area contributed by atoms with Crippen molar-refractivity contribution in [1.29, 1.82) is 10.8 Å². The molecule has 5 nitrogen and oxygen atoms in total. The third-order valence-electron chi connectivity index (χ3n) is 8.05. The van der Waals surface area contributed by atoms with Crippen molar-refractivity contribution in [2.24, 2.45) is 9.98 Å². The number of amidine groups is 2. The molecule has 0 spiro atoms. The molecule has 1 unspecified atom stereocenters. The number of hydrogen-bond acceptors (Lipinski definition) is 6. The van der Waals surface area contributed by atoms with E-state index in [-0.39, 0.29) is 21.2 Å². The SMILES string of the molecule is CN1C(c2ccccc2)=NC(c2ccccc2)=NC1c1ccc2c(c1)-c1cc(C(=N)SC(=N)c3ccccc3)ccc1C2(F)F. The molecule has 0 aromatic heterocycles. The Morgan fingerprint density at radius 1 is 0.689 bits per heavy atom. The summed E-state index contributed by atoms with van der Waals surface area (Å²) in [4.78, 5) is 11.9. The van der Waals surface area contributed by atoms with E-state index in [1.165, 1.54) is 12.1 Å². The van der Waals surface area contributed by atoms with E-state index >= 15 is 8.78 Å². The molecular formula is C37H27F2N5S. The van der Waals surface area contributed by atoms with Crippen molar-refractivity contribution in [2.45, 2.75) is 12.1 Å². The fourth-order valence-electron chi connectivity index (χ4n) is 5.76. The first-order valence-corrected chi connectivity index (χ1v) is 15.2. The minimum atomic E-state index is -3.18. The zero-order chi connectivity index (χ0) is 31.1. The fraction of sp³-hybridized carbons (Fsp3) is 0.0811. The summed E-state index contributed by atoms with van der Waals surface area (Å²) in [5, 5.41) is 17.5. The molecule has 0 saturated carbocycles. The number of alkyl halides is 2. The van der Waals surface area contributed by atoms with Gasteiger partial charge < -0.3 is 4.90 Å².